The number of benzene rings is 3. The summed E-state index contributed by atoms with van der Waals surface area (Å²) >= 11 is 1.65. The van der Waals surface area contributed by atoms with Crippen LogP contribution >= 0.6 is 11.8 Å². The Morgan fingerprint density at radius 2 is 1.51 bits per heavy atom. The average Bonchev–Trinajstić information content (AvgIpc) is 2.98. The molecule has 0 radical (unpaired) electrons. The number of pyridine rings is 1. The number of carbonyl (C=O) groups excluding carboxylic acids is 1. The molecule has 1 amide bonds. The Morgan fingerprint density at radius 1 is 0.872 bits per heavy atom. The number of amides is 1. The molecule has 1 aliphatic rings. The average molecular weight is 540 g/mol. The quantitative estimate of drug-likeness (QED) is 0.220. The van der Waals surface area contributed by atoms with E-state index in [0.29, 0.717) is 17.1 Å². The fourth-order valence-corrected chi connectivity index (χ4v) is 5.67. The highest BCUT2D eigenvalue weighted by molar-refractivity contribution is 7.98. The summed E-state index contributed by atoms with van der Waals surface area (Å²) in [6.45, 7) is 4.02. The van der Waals surface area contributed by atoms with Crippen LogP contribution in [-0.4, -0.2) is 31.1 Å². The molecule has 1 fully saturated rings. The third kappa shape index (κ3) is 6.92. The van der Waals surface area contributed by atoms with Crippen molar-refractivity contribution in [3.63, 3.8) is 0 Å². The number of hydrogen-bond donors (Lipinski definition) is 1. The number of rotatable bonds is 9. The van der Waals surface area contributed by atoms with E-state index < -0.39 is 0 Å². The Morgan fingerprint density at radius 3 is 2.18 bits per heavy atom. The first-order chi connectivity index (χ1) is 19.1. The molecular formula is C32H33N3O3S. The second-order valence-corrected chi connectivity index (χ2v) is 10.6. The fraction of sp³-hybridized carbons (Fsp3) is 0.250. The van der Waals surface area contributed by atoms with Gasteiger partial charge in [-0.15, -0.1) is 11.8 Å². The lowest BCUT2D eigenvalue weighted by Crippen LogP contribution is -2.30. The zero-order valence-corrected chi connectivity index (χ0v) is 23.2. The van der Waals surface area contributed by atoms with Crippen molar-refractivity contribution in [3.8, 4) is 17.2 Å². The minimum atomic E-state index is -0.224. The smallest absolute Gasteiger partial charge is 0.275 e. The summed E-state index contributed by atoms with van der Waals surface area (Å²) in [5, 5.41) is 3.04. The van der Waals surface area contributed by atoms with Gasteiger partial charge >= 0.3 is 0 Å². The van der Waals surface area contributed by atoms with Crippen molar-refractivity contribution >= 4 is 29.0 Å². The van der Waals surface area contributed by atoms with E-state index in [2.05, 4.69) is 27.3 Å². The topological polar surface area (TPSA) is 63.7 Å². The molecule has 0 unspecified atom stereocenters. The molecule has 200 valence electrons. The van der Waals surface area contributed by atoms with Gasteiger partial charge in [0.15, 0.2) is 0 Å². The highest BCUT2D eigenvalue weighted by atomic mass is 32.2. The molecule has 3 aromatic carbocycles. The van der Waals surface area contributed by atoms with Crippen molar-refractivity contribution in [1.82, 2.24) is 4.98 Å². The van der Waals surface area contributed by atoms with E-state index in [1.165, 1.54) is 12.0 Å². The van der Waals surface area contributed by atoms with Gasteiger partial charge in [-0.25, -0.2) is 4.98 Å². The monoisotopic (exact) mass is 539 g/mol. The summed E-state index contributed by atoms with van der Waals surface area (Å²) in [5.41, 5.74) is 4.55. The van der Waals surface area contributed by atoms with Crippen molar-refractivity contribution in [1.29, 1.82) is 0 Å². The van der Waals surface area contributed by atoms with Crippen molar-refractivity contribution in [3.05, 3.63) is 102 Å². The largest absolute Gasteiger partial charge is 0.497 e. The van der Waals surface area contributed by atoms with Crippen molar-refractivity contribution in [2.75, 3.05) is 30.4 Å². The number of ether oxygens (including phenoxy) is 2. The zero-order chi connectivity index (χ0) is 27.0. The van der Waals surface area contributed by atoms with Gasteiger partial charge in [-0.3, -0.25) is 4.79 Å². The molecule has 1 aliphatic heterocycles. The first-order valence-electron chi connectivity index (χ1n) is 13.2. The Labute approximate surface area is 234 Å². The van der Waals surface area contributed by atoms with E-state index >= 15 is 0 Å². The van der Waals surface area contributed by atoms with Gasteiger partial charge in [0.25, 0.3) is 5.91 Å². The number of anilines is 2. The van der Waals surface area contributed by atoms with E-state index in [0.717, 1.165) is 59.3 Å². The normalized spacial score (nSPS) is 13.1. The lowest BCUT2D eigenvalue weighted by Gasteiger charge is -2.30. The highest BCUT2D eigenvalue weighted by Gasteiger charge is 2.22. The minimum Gasteiger partial charge on any atom is -0.497 e. The van der Waals surface area contributed by atoms with Crippen molar-refractivity contribution < 1.29 is 14.3 Å². The predicted molar refractivity (Wildman–Crippen MR) is 159 cm³/mol. The minimum absolute atomic E-state index is 0.224. The fourth-order valence-electron chi connectivity index (χ4n) is 4.54. The van der Waals surface area contributed by atoms with Crippen LogP contribution in [0.15, 0.2) is 90.0 Å². The van der Waals surface area contributed by atoms with Crippen LogP contribution in [0.4, 0.5) is 11.4 Å². The van der Waals surface area contributed by atoms with Gasteiger partial charge in [0.2, 0.25) is 0 Å². The summed E-state index contributed by atoms with van der Waals surface area (Å²) in [6, 6.07) is 25.4. The Bertz CT molecular complexity index is 1380. The number of piperidine rings is 1. The Hall–Kier alpha value is -3.97. The molecule has 0 aliphatic carbocycles. The van der Waals surface area contributed by atoms with E-state index in [9.17, 15) is 4.79 Å². The number of hydrogen-bond acceptors (Lipinski definition) is 6. The standard InChI is InChI=1S/C32H33N3O3S/c1-23-6-12-27(13-7-23)38-28-16-10-25(11-17-28)34-32(36)30-31(39-22-24-8-14-26(37-2)15-9-24)29(18-19-33-30)35-20-4-3-5-21-35/h6-19H,3-5,20-22H2,1-2H3,(H,34,36). The molecular weight excluding hydrogens is 506 g/mol. The second kappa shape index (κ2) is 12.7. The van der Waals surface area contributed by atoms with E-state index in [4.69, 9.17) is 9.47 Å². The Balaban J connectivity index is 1.34. The molecule has 0 spiro atoms. The molecule has 4 aromatic rings. The highest BCUT2D eigenvalue weighted by Crippen LogP contribution is 2.36. The third-order valence-corrected chi connectivity index (χ3v) is 7.88. The number of thioether (sulfide) groups is 1. The Kier molecular flexibility index (Phi) is 8.68. The first-order valence-corrected chi connectivity index (χ1v) is 14.2. The first kappa shape index (κ1) is 26.6. The summed E-state index contributed by atoms with van der Waals surface area (Å²) in [5.74, 6) is 2.81. The summed E-state index contributed by atoms with van der Waals surface area (Å²) in [4.78, 5) is 21.4. The number of nitrogens with one attached hydrogen (secondary N) is 1. The molecule has 0 atom stereocenters. The van der Waals surface area contributed by atoms with E-state index in [-0.39, 0.29) is 5.91 Å². The second-order valence-electron chi connectivity index (χ2n) is 9.59. The molecule has 0 bridgehead atoms. The zero-order valence-electron chi connectivity index (χ0n) is 22.4. The van der Waals surface area contributed by atoms with Gasteiger partial charge in [-0.05, 0) is 86.3 Å². The lowest BCUT2D eigenvalue weighted by molar-refractivity contribution is 0.101. The van der Waals surface area contributed by atoms with Crippen LogP contribution < -0.4 is 19.7 Å². The van der Waals surface area contributed by atoms with Crippen LogP contribution in [-0.2, 0) is 5.75 Å². The van der Waals surface area contributed by atoms with Crippen molar-refractivity contribution in [2.24, 2.45) is 0 Å². The molecule has 39 heavy (non-hydrogen) atoms. The van der Waals surface area contributed by atoms with E-state index in [1.807, 2.05) is 73.7 Å². The molecule has 0 saturated carbocycles. The number of methoxy groups -OCH3 is 1. The van der Waals surface area contributed by atoms with Crippen LogP contribution in [0.25, 0.3) is 0 Å². The molecule has 7 heteroatoms. The van der Waals surface area contributed by atoms with Gasteiger partial charge in [0, 0.05) is 30.7 Å². The summed E-state index contributed by atoms with van der Waals surface area (Å²) in [6.07, 6.45) is 5.30. The van der Waals surface area contributed by atoms with Crippen LogP contribution in [0.2, 0.25) is 0 Å². The van der Waals surface area contributed by atoms with Crippen molar-refractivity contribution in [2.45, 2.75) is 36.8 Å². The molecule has 2 heterocycles. The number of aromatic nitrogens is 1. The SMILES string of the molecule is COc1ccc(CSc2c(N3CCCCC3)ccnc2C(=O)Nc2ccc(Oc3ccc(C)cc3)cc2)cc1. The van der Waals surface area contributed by atoms with Gasteiger partial charge in [-0.1, -0.05) is 29.8 Å². The maximum Gasteiger partial charge on any atom is 0.275 e. The lowest BCUT2D eigenvalue weighted by atomic mass is 10.1. The number of nitrogens with zero attached hydrogens (tertiary/aromatic N) is 2. The molecule has 1 saturated heterocycles. The van der Waals surface area contributed by atoms with Gasteiger partial charge < -0.3 is 19.7 Å². The molecule has 1 N–H and O–H groups in total. The molecule has 1 aromatic heterocycles. The summed E-state index contributed by atoms with van der Waals surface area (Å²) in [7, 11) is 1.67. The van der Waals surface area contributed by atoms with Crippen LogP contribution in [0, 0.1) is 6.92 Å². The van der Waals surface area contributed by atoms with Gasteiger partial charge in [0.1, 0.15) is 22.9 Å². The number of aryl methyl sites for hydroxylation is 1. The number of carbonyl (C=O) groups is 1. The molecule has 5 rings (SSSR count). The maximum atomic E-state index is 13.5. The van der Waals surface area contributed by atoms with Crippen LogP contribution in [0.3, 0.4) is 0 Å². The van der Waals surface area contributed by atoms with Crippen LogP contribution in [0.1, 0.15) is 40.9 Å². The van der Waals surface area contributed by atoms with Gasteiger partial charge in [0.05, 0.1) is 17.7 Å². The molecule has 6 nitrogen and oxygen atoms in total. The van der Waals surface area contributed by atoms with Crippen LogP contribution in [0.5, 0.6) is 17.2 Å². The predicted octanol–water partition coefficient (Wildman–Crippen LogP) is 7.73. The maximum absolute atomic E-state index is 13.5. The third-order valence-electron chi connectivity index (χ3n) is 6.71. The van der Waals surface area contributed by atoms with Gasteiger partial charge in [-0.2, -0.15) is 0 Å². The summed E-state index contributed by atoms with van der Waals surface area (Å²) < 4.78 is 11.2. The van der Waals surface area contributed by atoms with E-state index in [1.54, 1.807) is 25.1 Å².